The molecule has 2 atom stereocenters. The zero-order chi connectivity index (χ0) is 23.4. The number of nitro benzene ring substituents is 1. The number of unbranched alkanes of at least 4 members (excludes halogenated alkanes) is 1. The van der Waals surface area contributed by atoms with E-state index in [1.54, 1.807) is 0 Å². The van der Waals surface area contributed by atoms with E-state index in [2.05, 4.69) is 10.2 Å². The summed E-state index contributed by atoms with van der Waals surface area (Å²) in [5.74, 6) is -1.82. The fourth-order valence-electron chi connectivity index (χ4n) is 2.41. The molecule has 0 aliphatic carbocycles. The van der Waals surface area contributed by atoms with Crippen LogP contribution in [0.1, 0.15) is 33.6 Å². The molecule has 0 radical (unpaired) electrons. The predicted molar refractivity (Wildman–Crippen MR) is 105 cm³/mol. The zero-order valence-corrected chi connectivity index (χ0v) is 17.5. The fraction of sp³-hybridized carbons (Fsp3) is 0.500. The number of carbonyl (C=O) groups excluding carboxylic acids is 1. The highest BCUT2D eigenvalue weighted by atomic mass is 35.5. The SMILES string of the molecule is CCCCOC(=O)C(C)Oc1cc(OC2=NN=C(C(F)(F)F)C2(C)Cl)ccc1[N+](=O)[O-]. The Morgan fingerprint density at radius 3 is 2.58 bits per heavy atom. The summed E-state index contributed by atoms with van der Waals surface area (Å²) in [5, 5.41) is 17.6. The first-order valence-electron chi connectivity index (χ1n) is 9.10. The van der Waals surface area contributed by atoms with Gasteiger partial charge in [0.05, 0.1) is 11.5 Å². The summed E-state index contributed by atoms with van der Waals surface area (Å²) in [5.41, 5.74) is -1.85. The number of nitro groups is 1. The summed E-state index contributed by atoms with van der Waals surface area (Å²) >= 11 is 5.93. The normalized spacial score (nSPS) is 19.3. The second-order valence-electron chi connectivity index (χ2n) is 6.62. The average Bonchev–Trinajstić information content (AvgIpc) is 2.96. The Morgan fingerprint density at radius 2 is 2.03 bits per heavy atom. The van der Waals surface area contributed by atoms with Crippen LogP contribution in [0.15, 0.2) is 28.4 Å². The number of rotatable bonds is 8. The van der Waals surface area contributed by atoms with Crippen molar-refractivity contribution in [3.05, 3.63) is 28.3 Å². The van der Waals surface area contributed by atoms with Crippen molar-refractivity contribution in [3.63, 3.8) is 0 Å². The van der Waals surface area contributed by atoms with Gasteiger partial charge < -0.3 is 14.2 Å². The van der Waals surface area contributed by atoms with Crippen LogP contribution in [-0.4, -0.2) is 46.3 Å². The Morgan fingerprint density at radius 1 is 1.35 bits per heavy atom. The van der Waals surface area contributed by atoms with E-state index in [9.17, 15) is 28.1 Å². The van der Waals surface area contributed by atoms with Gasteiger partial charge in [-0.1, -0.05) is 13.3 Å². The molecule has 1 aliphatic rings. The van der Waals surface area contributed by atoms with Gasteiger partial charge in [0.25, 0.3) is 0 Å². The summed E-state index contributed by atoms with van der Waals surface area (Å²) in [6.07, 6.45) is -4.57. The van der Waals surface area contributed by atoms with Crippen molar-refractivity contribution >= 4 is 34.9 Å². The van der Waals surface area contributed by atoms with Crippen LogP contribution in [0.2, 0.25) is 0 Å². The third kappa shape index (κ3) is 5.84. The van der Waals surface area contributed by atoms with Gasteiger partial charge in [0.15, 0.2) is 16.7 Å². The highest BCUT2D eigenvalue weighted by Crippen LogP contribution is 2.37. The van der Waals surface area contributed by atoms with Crippen molar-refractivity contribution in [2.45, 2.75) is 50.8 Å². The van der Waals surface area contributed by atoms with E-state index in [-0.39, 0.29) is 18.1 Å². The molecule has 0 bridgehead atoms. The molecular weight excluding hydrogens is 447 g/mol. The molecule has 1 aromatic rings. The minimum Gasteiger partial charge on any atom is -0.472 e. The topological polar surface area (TPSA) is 113 Å². The lowest BCUT2D eigenvalue weighted by Gasteiger charge is -2.21. The molecule has 0 N–H and O–H groups in total. The second kappa shape index (κ2) is 9.50. The van der Waals surface area contributed by atoms with Gasteiger partial charge in [0.1, 0.15) is 5.75 Å². The fourth-order valence-corrected chi connectivity index (χ4v) is 2.63. The van der Waals surface area contributed by atoms with Gasteiger partial charge in [-0.15, -0.1) is 21.8 Å². The average molecular weight is 466 g/mol. The minimum atomic E-state index is -4.83. The molecule has 2 unspecified atom stereocenters. The lowest BCUT2D eigenvalue weighted by molar-refractivity contribution is -0.386. The maximum absolute atomic E-state index is 13.0. The van der Waals surface area contributed by atoms with Gasteiger partial charge in [-0.25, -0.2) is 4.79 Å². The lowest BCUT2D eigenvalue weighted by Crippen LogP contribution is -2.45. The minimum absolute atomic E-state index is 0.156. The molecule has 1 heterocycles. The number of alkyl halides is 4. The summed E-state index contributed by atoms with van der Waals surface area (Å²) in [6, 6.07) is 3.16. The number of hydrogen-bond donors (Lipinski definition) is 0. The predicted octanol–water partition coefficient (Wildman–Crippen LogP) is 4.41. The van der Waals surface area contributed by atoms with E-state index in [4.69, 9.17) is 25.8 Å². The van der Waals surface area contributed by atoms with Crippen LogP contribution in [0.5, 0.6) is 11.5 Å². The first-order valence-corrected chi connectivity index (χ1v) is 9.48. The maximum Gasteiger partial charge on any atom is 0.433 e. The van der Waals surface area contributed by atoms with E-state index < -0.39 is 45.3 Å². The Bertz CT molecular complexity index is 917. The number of carbonyl (C=O) groups is 1. The molecule has 1 aliphatic heterocycles. The van der Waals surface area contributed by atoms with Crippen LogP contribution < -0.4 is 9.47 Å². The Labute approximate surface area is 180 Å². The molecule has 1 aromatic carbocycles. The van der Waals surface area contributed by atoms with E-state index >= 15 is 0 Å². The van der Waals surface area contributed by atoms with Crippen LogP contribution in [0, 0.1) is 10.1 Å². The van der Waals surface area contributed by atoms with Crippen molar-refractivity contribution < 1.29 is 37.1 Å². The van der Waals surface area contributed by atoms with Gasteiger partial charge in [-0.05, 0) is 26.3 Å². The molecule has 0 aromatic heterocycles. The first-order chi connectivity index (χ1) is 14.4. The number of esters is 1. The molecular formula is C18H19ClF3N3O6. The summed E-state index contributed by atoms with van der Waals surface area (Å²) in [4.78, 5) is 20.3. The summed E-state index contributed by atoms with van der Waals surface area (Å²) in [6.45, 7) is 4.42. The number of ether oxygens (including phenoxy) is 3. The molecule has 31 heavy (non-hydrogen) atoms. The van der Waals surface area contributed by atoms with Gasteiger partial charge in [-0.2, -0.15) is 13.2 Å². The molecule has 9 nitrogen and oxygen atoms in total. The van der Waals surface area contributed by atoms with Crippen molar-refractivity contribution in [2.24, 2.45) is 10.2 Å². The highest BCUT2D eigenvalue weighted by molar-refractivity contribution is 6.49. The molecule has 0 saturated carbocycles. The molecule has 0 saturated heterocycles. The molecule has 0 amide bonds. The molecule has 0 fully saturated rings. The first kappa shape index (κ1) is 24.4. The summed E-state index contributed by atoms with van der Waals surface area (Å²) < 4.78 is 54.7. The molecule has 170 valence electrons. The Kier molecular flexibility index (Phi) is 7.47. The molecule has 0 spiro atoms. The van der Waals surface area contributed by atoms with E-state index in [1.165, 1.54) is 6.92 Å². The number of halogens is 4. The second-order valence-corrected chi connectivity index (χ2v) is 7.38. The van der Waals surface area contributed by atoms with E-state index in [1.807, 2.05) is 6.92 Å². The van der Waals surface area contributed by atoms with Crippen LogP contribution in [-0.2, 0) is 9.53 Å². The summed E-state index contributed by atoms with van der Waals surface area (Å²) in [7, 11) is 0. The van der Waals surface area contributed by atoms with Crippen molar-refractivity contribution in [1.29, 1.82) is 0 Å². The van der Waals surface area contributed by atoms with Gasteiger partial charge in [-0.3, -0.25) is 10.1 Å². The van der Waals surface area contributed by atoms with Crippen LogP contribution in [0.25, 0.3) is 0 Å². The van der Waals surface area contributed by atoms with Crippen LogP contribution >= 0.6 is 11.6 Å². The van der Waals surface area contributed by atoms with Crippen LogP contribution in [0.4, 0.5) is 18.9 Å². The van der Waals surface area contributed by atoms with Gasteiger partial charge >= 0.3 is 17.8 Å². The Balaban J connectivity index is 2.21. The van der Waals surface area contributed by atoms with Gasteiger partial charge in [0, 0.05) is 12.1 Å². The standard InChI is InChI=1S/C18H19ClF3N3O6/c1-4-5-8-29-14(26)10(2)30-13-9-11(6-7-12(13)25(27)28)31-16-17(3,19)15(23-24-16)18(20,21)22/h6-7,9-10H,4-5,8H2,1-3H3. The molecule has 2 rings (SSSR count). The van der Waals surface area contributed by atoms with Gasteiger partial charge in [0.2, 0.25) is 11.6 Å². The number of nitrogens with zero attached hydrogens (tertiary/aromatic N) is 3. The largest absolute Gasteiger partial charge is 0.472 e. The third-order valence-corrected chi connectivity index (χ3v) is 4.42. The third-order valence-electron chi connectivity index (χ3n) is 4.08. The quantitative estimate of drug-likeness (QED) is 0.185. The van der Waals surface area contributed by atoms with E-state index in [0.717, 1.165) is 31.5 Å². The van der Waals surface area contributed by atoms with Crippen molar-refractivity contribution in [2.75, 3.05) is 6.61 Å². The van der Waals surface area contributed by atoms with Crippen LogP contribution in [0.3, 0.4) is 0 Å². The maximum atomic E-state index is 13.0. The smallest absolute Gasteiger partial charge is 0.433 e. The highest BCUT2D eigenvalue weighted by Gasteiger charge is 2.54. The number of hydrogen-bond acceptors (Lipinski definition) is 8. The monoisotopic (exact) mass is 465 g/mol. The van der Waals surface area contributed by atoms with E-state index in [0.29, 0.717) is 6.42 Å². The lowest BCUT2D eigenvalue weighted by atomic mass is 10.1. The molecule has 13 heteroatoms. The Hall–Kier alpha value is -2.89. The van der Waals surface area contributed by atoms with Crippen molar-refractivity contribution in [3.8, 4) is 11.5 Å². The van der Waals surface area contributed by atoms with Crippen molar-refractivity contribution in [1.82, 2.24) is 0 Å². The number of benzene rings is 1. The zero-order valence-electron chi connectivity index (χ0n) is 16.7.